The van der Waals surface area contributed by atoms with E-state index in [4.69, 9.17) is 9.47 Å². The number of esters is 1. The summed E-state index contributed by atoms with van der Waals surface area (Å²) in [6, 6.07) is 6.81. The summed E-state index contributed by atoms with van der Waals surface area (Å²) in [6.45, 7) is 6.43. The van der Waals surface area contributed by atoms with Crippen molar-refractivity contribution in [2.45, 2.75) is 33.6 Å². The molecule has 1 aromatic carbocycles. The Balaban J connectivity index is 2.35. The fourth-order valence-electron chi connectivity index (χ4n) is 1.63. The highest BCUT2D eigenvalue weighted by atomic mass is 16.5. The van der Waals surface area contributed by atoms with Gasteiger partial charge in [-0.15, -0.1) is 0 Å². The van der Waals surface area contributed by atoms with Crippen molar-refractivity contribution in [2.75, 3.05) is 13.2 Å². The summed E-state index contributed by atoms with van der Waals surface area (Å²) >= 11 is 0. The molecule has 1 rings (SSSR count). The average molecular weight is 278 g/mol. The lowest BCUT2D eigenvalue weighted by Crippen LogP contribution is -2.09. The van der Waals surface area contributed by atoms with Crippen molar-refractivity contribution in [3.05, 3.63) is 29.8 Å². The highest BCUT2D eigenvalue weighted by molar-refractivity contribution is 5.89. The Labute approximate surface area is 120 Å². The Morgan fingerprint density at radius 1 is 1.15 bits per heavy atom. The van der Waals surface area contributed by atoms with Crippen molar-refractivity contribution in [2.24, 2.45) is 5.92 Å². The van der Waals surface area contributed by atoms with Gasteiger partial charge in [0.25, 0.3) is 0 Å². The quantitative estimate of drug-likeness (QED) is 0.541. The minimum absolute atomic E-state index is 0.0823. The first kappa shape index (κ1) is 16.2. The van der Waals surface area contributed by atoms with Crippen LogP contribution in [0, 0.1) is 5.92 Å². The third kappa shape index (κ3) is 5.43. The SMILES string of the molecule is CCOC(=O)c1ccc(OCCCC(=O)C(C)C)cc1. The molecule has 4 heteroatoms. The lowest BCUT2D eigenvalue weighted by Gasteiger charge is -2.07. The van der Waals surface area contributed by atoms with E-state index in [1.165, 1.54) is 0 Å². The molecule has 4 nitrogen and oxygen atoms in total. The van der Waals surface area contributed by atoms with Crippen molar-refractivity contribution in [1.29, 1.82) is 0 Å². The molecule has 0 bridgehead atoms. The fourth-order valence-corrected chi connectivity index (χ4v) is 1.63. The molecule has 0 N–H and O–H groups in total. The normalized spacial score (nSPS) is 10.4. The van der Waals surface area contributed by atoms with E-state index >= 15 is 0 Å². The molecule has 0 saturated carbocycles. The molecule has 0 heterocycles. The third-order valence-electron chi connectivity index (χ3n) is 2.85. The molecule has 0 aliphatic carbocycles. The number of ketones is 1. The van der Waals surface area contributed by atoms with Crippen molar-refractivity contribution in [3.8, 4) is 5.75 Å². The van der Waals surface area contributed by atoms with Crippen LogP contribution in [-0.2, 0) is 9.53 Å². The van der Waals surface area contributed by atoms with Crippen LogP contribution in [0.1, 0.15) is 44.0 Å². The molecule has 0 saturated heterocycles. The van der Waals surface area contributed by atoms with E-state index in [0.29, 0.717) is 37.4 Å². The van der Waals surface area contributed by atoms with Gasteiger partial charge in [-0.3, -0.25) is 4.79 Å². The molecular weight excluding hydrogens is 256 g/mol. The second-order valence-electron chi connectivity index (χ2n) is 4.82. The molecule has 0 spiro atoms. The minimum atomic E-state index is -0.332. The third-order valence-corrected chi connectivity index (χ3v) is 2.85. The average Bonchev–Trinajstić information content (AvgIpc) is 2.44. The second kappa shape index (κ2) is 8.35. The molecule has 0 amide bonds. The number of carbonyl (C=O) groups is 2. The molecule has 0 radical (unpaired) electrons. The van der Waals surface area contributed by atoms with Gasteiger partial charge in [0.05, 0.1) is 18.8 Å². The number of hydrogen-bond acceptors (Lipinski definition) is 4. The second-order valence-corrected chi connectivity index (χ2v) is 4.82. The highest BCUT2D eigenvalue weighted by Gasteiger charge is 2.07. The number of carbonyl (C=O) groups excluding carboxylic acids is 2. The molecule has 0 unspecified atom stereocenters. The van der Waals surface area contributed by atoms with Crippen LogP contribution in [0.5, 0.6) is 5.75 Å². The van der Waals surface area contributed by atoms with Gasteiger partial charge >= 0.3 is 5.97 Å². The number of ether oxygens (including phenoxy) is 2. The maximum atomic E-state index is 11.5. The Morgan fingerprint density at radius 3 is 2.35 bits per heavy atom. The van der Waals surface area contributed by atoms with Crippen LogP contribution in [-0.4, -0.2) is 25.0 Å². The molecule has 110 valence electrons. The van der Waals surface area contributed by atoms with E-state index in [0.717, 1.165) is 0 Å². The smallest absolute Gasteiger partial charge is 0.338 e. The van der Waals surface area contributed by atoms with Crippen LogP contribution in [0.15, 0.2) is 24.3 Å². The first-order chi connectivity index (χ1) is 9.54. The van der Waals surface area contributed by atoms with Gasteiger partial charge in [-0.2, -0.15) is 0 Å². The molecular formula is C16H22O4. The van der Waals surface area contributed by atoms with E-state index < -0.39 is 0 Å². The topological polar surface area (TPSA) is 52.6 Å². The summed E-state index contributed by atoms with van der Waals surface area (Å²) in [4.78, 5) is 22.9. The fraction of sp³-hybridized carbons (Fsp3) is 0.500. The van der Waals surface area contributed by atoms with Gasteiger partial charge in [-0.05, 0) is 37.6 Å². The zero-order valence-electron chi connectivity index (χ0n) is 12.3. The van der Waals surface area contributed by atoms with Crippen LogP contribution in [0.3, 0.4) is 0 Å². The van der Waals surface area contributed by atoms with Gasteiger partial charge in [0.2, 0.25) is 0 Å². The lowest BCUT2D eigenvalue weighted by atomic mass is 10.1. The summed E-state index contributed by atoms with van der Waals surface area (Å²) in [6.07, 6.45) is 1.25. The van der Waals surface area contributed by atoms with Crippen molar-refractivity contribution in [1.82, 2.24) is 0 Å². The monoisotopic (exact) mass is 278 g/mol. The van der Waals surface area contributed by atoms with Crippen LogP contribution in [0.4, 0.5) is 0 Å². The van der Waals surface area contributed by atoms with Crippen molar-refractivity contribution < 1.29 is 19.1 Å². The molecule has 0 fully saturated rings. The van der Waals surface area contributed by atoms with E-state index in [2.05, 4.69) is 0 Å². The Kier molecular flexibility index (Phi) is 6.77. The highest BCUT2D eigenvalue weighted by Crippen LogP contribution is 2.13. The number of rotatable bonds is 8. The Hall–Kier alpha value is -1.84. The summed E-state index contributed by atoms with van der Waals surface area (Å²) in [5, 5.41) is 0. The maximum Gasteiger partial charge on any atom is 0.338 e. The molecule has 20 heavy (non-hydrogen) atoms. The van der Waals surface area contributed by atoms with E-state index in [-0.39, 0.29) is 17.7 Å². The summed E-state index contributed by atoms with van der Waals surface area (Å²) in [5.41, 5.74) is 0.509. The number of hydrogen-bond donors (Lipinski definition) is 0. The minimum Gasteiger partial charge on any atom is -0.494 e. The van der Waals surface area contributed by atoms with Crippen LogP contribution in [0.25, 0.3) is 0 Å². The van der Waals surface area contributed by atoms with Gasteiger partial charge in [-0.25, -0.2) is 4.79 Å². The first-order valence-corrected chi connectivity index (χ1v) is 6.97. The van der Waals surface area contributed by atoms with E-state index in [1.807, 2.05) is 13.8 Å². The predicted octanol–water partition coefficient (Wildman–Crippen LogP) is 3.25. The van der Waals surface area contributed by atoms with Gasteiger partial charge in [0.15, 0.2) is 0 Å². The van der Waals surface area contributed by atoms with Crippen molar-refractivity contribution in [3.63, 3.8) is 0 Å². The van der Waals surface area contributed by atoms with Crippen LogP contribution < -0.4 is 4.74 Å². The largest absolute Gasteiger partial charge is 0.494 e. The molecule has 0 atom stereocenters. The zero-order chi connectivity index (χ0) is 15.0. The summed E-state index contributed by atoms with van der Waals surface area (Å²) in [5.74, 6) is 0.696. The van der Waals surface area contributed by atoms with E-state index in [1.54, 1.807) is 31.2 Å². The standard InChI is InChI=1S/C16H22O4/c1-4-19-16(18)13-7-9-14(10-8-13)20-11-5-6-15(17)12(2)3/h7-10,12H,4-6,11H2,1-3H3. The summed E-state index contributed by atoms with van der Waals surface area (Å²) < 4.78 is 10.4. The van der Waals surface area contributed by atoms with Crippen LogP contribution in [0.2, 0.25) is 0 Å². The lowest BCUT2D eigenvalue weighted by molar-refractivity contribution is -0.122. The predicted molar refractivity (Wildman–Crippen MR) is 77.0 cm³/mol. The van der Waals surface area contributed by atoms with Gasteiger partial charge in [0, 0.05) is 12.3 Å². The Bertz CT molecular complexity index is 434. The Morgan fingerprint density at radius 2 is 1.80 bits per heavy atom. The van der Waals surface area contributed by atoms with Gasteiger partial charge in [-0.1, -0.05) is 13.8 Å². The van der Waals surface area contributed by atoms with Crippen LogP contribution >= 0.6 is 0 Å². The molecule has 0 aliphatic rings. The van der Waals surface area contributed by atoms with Gasteiger partial charge < -0.3 is 9.47 Å². The number of benzene rings is 1. The summed E-state index contributed by atoms with van der Waals surface area (Å²) in [7, 11) is 0. The molecule has 1 aromatic rings. The molecule has 0 aromatic heterocycles. The number of Topliss-reactive ketones (excluding diaryl/α,β-unsaturated/α-hetero) is 1. The molecule has 0 aliphatic heterocycles. The van der Waals surface area contributed by atoms with Gasteiger partial charge in [0.1, 0.15) is 11.5 Å². The zero-order valence-corrected chi connectivity index (χ0v) is 12.3. The first-order valence-electron chi connectivity index (χ1n) is 6.97. The van der Waals surface area contributed by atoms with Crippen molar-refractivity contribution >= 4 is 11.8 Å². The maximum absolute atomic E-state index is 11.5. The van der Waals surface area contributed by atoms with E-state index in [9.17, 15) is 9.59 Å².